The molecule has 0 radical (unpaired) electrons. The zero-order chi connectivity index (χ0) is 23.0. The van der Waals surface area contributed by atoms with Crippen molar-refractivity contribution in [2.75, 3.05) is 19.0 Å². The molecule has 164 valence electrons. The van der Waals surface area contributed by atoms with Crippen molar-refractivity contribution in [3.63, 3.8) is 0 Å². The van der Waals surface area contributed by atoms with Crippen molar-refractivity contribution in [2.24, 2.45) is 4.99 Å². The number of aldehydes is 1. The van der Waals surface area contributed by atoms with E-state index in [1.165, 1.54) is 17.3 Å². The van der Waals surface area contributed by atoms with Crippen LogP contribution >= 0.6 is 0 Å². The second-order valence-corrected chi connectivity index (χ2v) is 7.99. The predicted molar refractivity (Wildman–Crippen MR) is 134 cm³/mol. The summed E-state index contributed by atoms with van der Waals surface area (Å²) in [7, 11) is 4.11. The lowest BCUT2D eigenvalue weighted by molar-refractivity contribution is -0.104. The molecule has 0 saturated carbocycles. The van der Waals surface area contributed by atoms with E-state index in [-0.39, 0.29) is 0 Å². The van der Waals surface area contributed by atoms with E-state index in [2.05, 4.69) is 73.5 Å². The molecule has 1 aromatic rings. The number of carbonyl (C=O) groups excluding carboxylic acids is 1. The molecule has 1 aliphatic heterocycles. The van der Waals surface area contributed by atoms with Gasteiger partial charge in [0.05, 0.1) is 0 Å². The number of rotatable bonds is 9. The van der Waals surface area contributed by atoms with Crippen LogP contribution in [0.15, 0.2) is 77.7 Å². The first-order valence-corrected chi connectivity index (χ1v) is 10.8. The van der Waals surface area contributed by atoms with Crippen molar-refractivity contribution in [3.8, 4) is 0 Å². The fourth-order valence-electron chi connectivity index (χ4n) is 3.57. The monoisotopic (exact) mass is 417 g/mol. The van der Waals surface area contributed by atoms with Gasteiger partial charge in [0.1, 0.15) is 6.29 Å². The Labute approximate surface area is 187 Å². The molecule has 0 amide bonds. The Morgan fingerprint density at radius 2 is 2.03 bits per heavy atom. The van der Waals surface area contributed by atoms with Crippen LogP contribution in [-0.2, 0) is 4.79 Å². The number of hydrogen-bond acceptors (Lipinski definition) is 4. The van der Waals surface area contributed by atoms with Crippen molar-refractivity contribution in [3.05, 3.63) is 83.9 Å². The quantitative estimate of drug-likeness (QED) is 0.210. The lowest BCUT2D eigenvalue weighted by Gasteiger charge is -2.19. The van der Waals surface area contributed by atoms with Gasteiger partial charge in [0.2, 0.25) is 0 Å². The van der Waals surface area contributed by atoms with Crippen LogP contribution in [0.2, 0.25) is 0 Å². The number of benzene rings is 1. The molecule has 2 rings (SSSR count). The first-order chi connectivity index (χ1) is 14.8. The Balaban J connectivity index is 2.47. The normalized spacial score (nSPS) is 17.6. The van der Waals surface area contributed by atoms with Crippen molar-refractivity contribution in [2.45, 2.75) is 46.1 Å². The lowest BCUT2D eigenvalue weighted by Crippen LogP contribution is -2.20. The average molecular weight is 418 g/mol. The van der Waals surface area contributed by atoms with E-state index >= 15 is 0 Å². The molecular formula is C27H35N3O. The molecule has 0 fully saturated rings. The number of carbonyl (C=O) groups is 1. The van der Waals surface area contributed by atoms with E-state index in [0.29, 0.717) is 12.0 Å². The molecule has 0 spiro atoms. The highest BCUT2D eigenvalue weighted by Gasteiger charge is 2.29. The Morgan fingerprint density at radius 3 is 2.65 bits per heavy atom. The molecular weight excluding hydrogens is 382 g/mol. The molecule has 1 atom stereocenters. The van der Waals surface area contributed by atoms with Gasteiger partial charge in [-0.15, -0.1) is 0 Å². The van der Waals surface area contributed by atoms with Gasteiger partial charge in [-0.25, -0.2) is 0 Å². The van der Waals surface area contributed by atoms with Crippen LogP contribution in [0.1, 0.15) is 51.2 Å². The summed E-state index contributed by atoms with van der Waals surface area (Å²) in [6.45, 7) is 12.6. The van der Waals surface area contributed by atoms with Gasteiger partial charge in [-0.3, -0.25) is 9.79 Å². The molecule has 1 heterocycles. The molecule has 4 nitrogen and oxygen atoms in total. The van der Waals surface area contributed by atoms with Crippen LogP contribution in [0.5, 0.6) is 0 Å². The second-order valence-electron chi connectivity index (χ2n) is 7.99. The first-order valence-electron chi connectivity index (χ1n) is 10.8. The highest BCUT2D eigenvalue weighted by molar-refractivity contribution is 5.79. The van der Waals surface area contributed by atoms with Crippen LogP contribution in [-0.4, -0.2) is 37.5 Å². The summed E-state index contributed by atoms with van der Waals surface area (Å²) in [6.07, 6.45) is 14.9. The Kier molecular flexibility index (Phi) is 8.80. The lowest BCUT2D eigenvalue weighted by atomic mass is 9.93. The summed E-state index contributed by atoms with van der Waals surface area (Å²) in [5.41, 5.74) is 6.73. The number of likely N-dealkylation sites (N-methyl/N-ethyl adjacent to an activating group) is 1. The van der Waals surface area contributed by atoms with E-state index in [1.54, 1.807) is 6.21 Å². The highest BCUT2D eigenvalue weighted by atomic mass is 16.1. The smallest absolute Gasteiger partial charge is 0.142 e. The van der Waals surface area contributed by atoms with Crippen LogP contribution in [0.3, 0.4) is 0 Å². The molecule has 0 aromatic heterocycles. The van der Waals surface area contributed by atoms with E-state index in [9.17, 15) is 4.79 Å². The highest BCUT2D eigenvalue weighted by Crippen LogP contribution is 2.44. The van der Waals surface area contributed by atoms with Crippen LogP contribution in [0.25, 0.3) is 5.57 Å². The second kappa shape index (κ2) is 11.3. The Morgan fingerprint density at radius 1 is 1.29 bits per heavy atom. The molecule has 1 unspecified atom stereocenters. The molecule has 4 heteroatoms. The summed E-state index contributed by atoms with van der Waals surface area (Å²) in [4.78, 5) is 19.5. The van der Waals surface area contributed by atoms with E-state index in [1.807, 2.05) is 38.5 Å². The minimum atomic E-state index is 0.338. The Bertz CT molecular complexity index is 947. The molecule has 0 saturated heterocycles. The third kappa shape index (κ3) is 5.94. The van der Waals surface area contributed by atoms with Gasteiger partial charge >= 0.3 is 0 Å². The standard InChI is InChI=1S/C27H35N3O/c1-8-25-21(5)30(7)27-15-14-23(17-26(25)27)24(18-28-9-2)13-12-22(11-10-16-31)19-29(6)20(3)4/h9-20,25H,5,8H2,1-4,6-7H3/b11-10-,13-12+,22-19+,24-18+,28-9?. The summed E-state index contributed by atoms with van der Waals surface area (Å²) >= 11 is 0. The summed E-state index contributed by atoms with van der Waals surface area (Å²) in [5, 5.41) is 0. The number of fused-ring (bicyclic) bond motifs is 1. The summed E-state index contributed by atoms with van der Waals surface area (Å²) < 4.78 is 0. The fourth-order valence-corrected chi connectivity index (χ4v) is 3.57. The predicted octanol–water partition coefficient (Wildman–Crippen LogP) is 6.11. The zero-order valence-corrected chi connectivity index (χ0v) is 19.7. The maximum atomic E-state index is 10.9. The molecule has 31 heavy (non-hydrogen) atoms. The van der Waals surface area contributed by atoms with Crippen molar-refractivity contribution < 1.29 is 4.79 Å². The van der Waals surface area contributed by atoms with Gasteiger partial charge in [0.25, 0.3) is 0 Å². The average Bonchev–Trinajstić information content (AvgIpc) is 3.00. The number of aliphatic imine (C=N–C) groups is 1. The third-order valence-electron chi connectivity index (χ3n) is 5.69. The number of anilines is 1. The number of hydrogen-bond donors (Lipinski definition) is 0. The molecule has 0 bridgehead atoms. The fraction of sp³-hybridized carbons (Fsp3) is 0.333. The van der Waals surface area contributed by atoms with E-state index in [4.69, 9.17) is 0 Å². The van der Waals surface area contributed by atoms with Crippen molar-refractivity contribution in [1.29, 1.82) is 0 Å². The maximum Gasteiger partial charge on any atom is 0.142 e. The Hall–Kier alpha value is -3.14. The minimum absolute atomic E-state index is 0.338. The van der Waals surface area contributed by atoms with Gasteiger partial charge < -0.3 is 9.80 Å². The van der Waals surface area contributed by atoms with Crippen LogP contribution < -0.4 is 4.90 Å². The van der Waals surface area contributed by atoms with Gasteiger partial charge in [-0.05, 0) is 67.7 Å². The van der Waals surface area contributed by atoms with Gasteiger partial charge in [-0.1, -0.05) is 37.8 Å². The zero-order valence-electron chi connectivity index (χ0n) is 19.7. The number of allylic oxidation sites excluding steroid dienone is 7. The van der Waals surface area contributed by atoms with Gasteiger partial charge in [0, 0.05) is 56.1 Å². The van der Waals surface area contributed by atoms with Gasteiger partial charge in [-0.2, -0.15) is 0 Å². The molecule has 0 N–H and O–H groups in total. The van der Waals surface area contributed by atoms with Crippen LogP contribution in [0, 0.1) is 0 Å². The first kappa shape index (κ1) is 24.1. The topological polar surface area (TPSA) is 35.9 Å². The third-order valence-corrected chi connectivity index (χ3v) is 5.69. The summed E-state index contributed by atoms with van der Waals surface area (Å²) in [6, 6.07) is 6.91. The van der Waals surface area contributed by atoms with Crippen LogP contribution in [0.4, 0.5) is 5.69 Å². The largest absolute Gasteiger partial charge is 0.378 e. The summed E-state index contributed by atoms with van der Waals surface area (Å²) in [5.74, 6) is 0.338. The molecule has 1 aromatic carbocycles. The molecule has 1 aliphatic rings. The number of nitrogens with zero attached hydrogens (tertiary/aromatic N) is 3. The van der Waals surface area contributed by atoms with Crippen molar-refractivity contribution in [1.82, 2.24) is 4.90 Å². The van der Waals surface area contributed by atoms with Gasteiger partial charge in [0.15, 0.2) is 0 Å². The molecule has 0 aliphatic carbocycles. The SMILES string of the molecule is C=C1C(CC)c2cc(C(/C=C/C(/C=C\C=O)=C/N(C)C(C)C)=C/N=CC)ccc2N1C. The van der Waals surface area contributed by atoms with Crippen molar-refractivity contribution >= 4 is 23.8 Å². The van der Waals surface area contributed by atoms with E-state index in [0.717, 1.165) is 35.1 Å². The maximum absolute atomic E-state index is 10.9. The van der Waals surface area contributed by atoms with E-state index < -0.39 is 0 Å². The minimum Gasteiger partial charge on any atom is -0.378 e.